The SMILES string of the molecule is Cc1cc(C)c(CNC(=O)[C@@]23CCCC[C@H]2CNC3)c(=O)[nH]1.Cl. The summed E-state index contributed by atoms with van der Waals surface area (Å²) in [6.45, 7) is 5.81. The van der Waals surface area contributed by atoms with E-state index in [-0.39, 0.29) is 29.3 Å². The van der Waals surface area contributed by atoms with Gasteiger partial charge in [0.15, 0.2) is 0 Å². The van der Waals surface area contributed by atoms with Crippen molar-refractivity contribution >= 4 is 18.3 Å². The Labute approximate surface area is 143 Å². The summed E-state index contributed by atoms with van der Waals surface area (Å²) < 4.78 is 0. The average molecular weight is 340 g/mol. The molecule has 6 heteroatoms. The monoisotopic (exact) mass is 339 g/mol. The number of hydrogen-bond acceptors (Lipinski definition) is 3. The number of carbonyl (C=O) groups excluding carboxylic acids is 1. The van der Waals surface area contributed by atoms with Gasteiger partial charge in [-0.05, 0) is 50.8 Å². The van der Waals surface area contributed by atoms with E-state index < -0.39 is 0 Å². The summed E-state index contributed by atoms with van der Waals surface area (Å²) >= 11 is 0. The molecular weight excluding hydrogens is 314 g/mol. The van der Waals surface area contributed by atoms with Crippen LogP contribution < -0.4 is 16.2 Å². The number of H-pyrrole nitrogens is 1. The number of carbonyl (C=O) groups is 1. The minimum absolute atomic E-state index is 0. The molecule has 3 N–H and O–H groups in total. The third-order valence-electron chi connectivity index (χ3n) is 5.41. The second-order valence-electron chi connectivity index (χ2n) is 6.86. The molecule has 1 aromatic heterocycles. The van der Waals surface area contributed by atoms with Crippen molar-refractivity contribution in [2.24, 2.45) is 11.3 Å². The summed E-state index contributed by atoms with van der Waals surface area (Å²) in [7, 11) is 0. The summed E-state index contributed by atoms with van der Waals surface area (Å²) in [5, 5.41) is 6.42. The Morgan fingerprint density at radius 1 is 1.39 bits per heavy atom. The third kappa shape index (κ3) is 3.31. The molecule has 1 aromatic rings. The summed E-state index contributed by atoms with van der Waals surface area (Å²) in [5.41, 5.74) is 2.09. The lowest BCUT2D eigenvalue weighted by Crippen LogP contribution is -2.48. The van der Waals surface area contributed by atoms with Crippen LogP contribution in [0, 0.1) is 25.2 Å². The first kappa shape index (κ1) is 18.0. The normalized spacial score (nSPS) is 26.3. The Kier molecular flexibility index (Phi) is 5.53. The second kappa shape index (κ2) is 7.05. The van der Waals surface area contributed by atoms with Crippen molar-refractivity contribution in [3.63, 3.8) is 0 Å². The molecule has 1 aliphatic carbocycles. The van der Waals surface area contributed by atoms with Gasteiger partial charge in [0.2, 0.25) is 5.91 Å². The molecule has 5 nitrogen and oxygen atoms in total. The molecule has 2 fully saturated rings. The summed E-state index contributed by atoms with van der Waals surface area (Å²) in [4.78, 5) is 27.7. The van der Waals surface area contributed by atoms with Gasteiger partial charge in [0.25, 0.3) is 5.56 Å². The Balaban J connectivity index is 0.00000192. The number of rotatable bonds is 3. The van der Waals surface area contributed by atoms with Crippen LogP contribution in [0.15, 0.2) is 10.9 Å². The van der Waals surface area contributed by atoms with E-state index in [9.17, 15) is 9.59 Å². The number of halogens is 1. The van der Waals surface area contributed by atoms with Crippen LogP contribution in [0.25, 0.3) is 0 Å². The number of nitrogens with one attached hydrogen (secondary N) is 3. The van der Waals surface area contributed by atoms with Crippen molar-refractivity contribution in [1.82, 2.24) is 15.6 Å². The van der Waals surface area contributed by atoms with Crippen LogP contribution in [0.3, 0.4) is 0 Å². The van der Waals surface area contributed by atoms with E-state index in [2.05, 4.69) is 15.6 Å². The minimum atomic E-state index is -0.260. The summed E-state index contributed by atoms with van der Waals surface area (Å²) in [6.07, 6.45) is 4.43. The maximum atomic E-state index is 12.8. The molecule has 2 aliphatic rings. The summed E-state index contributed by atoms with van der Waals surface area (Å²) in [6, 6.07) is 1.95. The zero-order valence-corrected chi connectivity index (χ0v) is 14.6. The van der Waals surface area contributed by atoms with Gasteiger partial charge in [0.1, 0.15) is 0 Å². The van der Waals surface area contributed by atoms with Gasteiger partial charge >= 0.3 is 0 Å². The van der Waals surface area contributed by atoms with Gasteiger partial charge in [-0.2, -0.15) is 0 Å². The van der Waals surface area contributed by atoms with E-state index in [0.29, 0.717) is 18.0 Å². The molecule has 0 spiro atoms. The molecule has 0 bridgehead atoms. The number of pyridine rings is 1. The van der Waals surface area contributed by atoms with Gasteiger partial charge in [-0.1, -0.05) is 12.8 Å². The second-order valence-corrected chi connectivity index (χ2v) is 6.86. The Morgan fingerprint density at radius 2 is 2.17 bits per heavy atom. The molecule has 1 saturated heterocycles. The molecule has 128 valence electrons. The lowest BCUT2D eigenvalue weighted by molar-refractivity contribution is -0.134. The fraction of sp³-hybridized carbons (Fsp3) is 0.647. The minimum Gasteiger partial charge on any atom is -0.351 e. The van der Waals surface area contributed by atoms with E-state index in [1.807, 2.05) is 19.9 Å². The van der Waals surface area contributed by atoms with Crippen molar-refractivity contribution in [3.05, 3.63) is 33.2 Å². The molecule has 2 atom stereocenters. The fourth-order valence-electron chi connectivity index (χ4n) is 4.14. The highest BCUT2D eigenvalue weighted by Crippen LogP contribution is 2.43. The van der Waals surface area contributed by atoms with Crippen molar-refractivity contribution in [2.75, 3.05) is 13.1 Å². The van der Waals surface area contributed by atoms with Crippen LogP contribution >= 0.6 is 12.4 Å². The summed E-state index contributed by atoms with van der Waals surface area (Å²) in [5.74, 6) is 0.556. The highest BCUT2D eigenvalue weighted by molar-refractivity contribution is 5.85. The zero-order valence-electron chi connectivity index (χ0n) is 13.8. The van der Waals surface area contributed by atoms with Crippen LogP contribution in [-0.2, 0) is 11.3 Å². The van der Waals surface area contributed by atoms with Crippen molar-refractivity contribution < 1.29 is 4.79 Å². The van der Waals surface area contributed by atoms with E-state index in [1.54, 1.807) is 0 Å². The Hall–Kier alpha value is -1.33. The van der Waals surface area contributed by atoms with E-state index in [4.69, 9.17) is 0 Å². The molecule has 0 aromatic carbocycles. The van der Waals surface area contributed by atoms with Crippen molar-refractivity contribution in [3.8, 4) is 0 Å². The van der Waals surface area contributed by atoms with Gasteiger partial charge in [-0.15, -0.1) is 12.4 Å². The highest BCUT2D eigenvalue weighted by Gasteiger charge is 2.49. The van der Waals surface area contributed by atoms with Crippen LogP contribution in [-0.4, -0.2) is 24.0 Å². The molecule has 2 heterocycles. The average Bonchev–Trinajstić information content (AvgIpc) is 2.91. The lowest BCUT2D eigenvalue weighted by Gasteiger charge is -2.37. The Morgan fingerprint density at radius 3 is 2.91 bits per heavy atom. The molecule has 23 heavy (non-hydrogen) atoms. The number of hydrogen-bond donors (Lipinski definition) is 3. The largest absolute Gasteiger partial charge is 0.351 e. The lowest BCUT2D eigenvalue weighted by atomic mass is 9.67. The first-order valence-electron chi connectivity index (χ1n) is 8.21. The maximum Gasteiger partial charge on any atom is 0.253 e. The molecule has 1 saturated carbocycles. The number of amides is 1. The Bertz CT molecular complexity index is 643. The molecule has 1 amide bonds. The van der Waals surface area contributed by atoms with Crippen LogP contribution in [0.1, 0.15) is 42.5 Å². The third-order valence-corrected chi connectivity index (χ3v) is 5.41. The standard InChI is InChI=1S/C17H25N3O2.ClH/c1-11-7-12(2)20-15(21)14(11)9-19-16(22)17-6-4-3-5-13(17)8-18-10-17;/h7,13,18H,3-6,8-10H2,1-2H3,(H,19,22)(H,20,21);1H/t13-,17+;/m0./s1. The molecular formula is C17H26ClN3O2. The maximum absolute atomic E-state index is 12.8. The smallest absolute Gasteiger partial charge is 0.253 e. The van der Waals surface area contributed by atoms with Gasteiger partial charge in [0, 0.05) is 24.3 Å². The topological polar surface area (TPSA) is 74.0 Å². The fourth-order valence-corrected chi connectivity index (χ4v) is 4.14. The van der Waals surface area contributed by atoms with Crippen LogP contribution in [0.4, 0.5) is 0 Å². The van der Waals surface area contributed by atoms with Crippen molar-refractivity contribution in [2.45, 2.75) is 46.1 Å². The number of aromatic nitrogens is 1. The first-order valence-corrected chi connectivity index (χ1v) is 8.21. The number of fused-ring (bicyclic) bond motifs is 1. The number of aryl methyl sites for hydroxylation is 2. The van der Waals surface area contributed by atoms with E-state index >= 15 is 0 Å². The van der Waals surface area contributed by atoms with Gasteiger partial charge in [-0.25, -0.2) is 0 Å². The van der Waals surface area contributed by atoms with Gasteiger partial charge < -0.3 is 15.6 Å². The van der Waals surface area contributed by atoms with E-state index in [0.717, 1.165) is 43.6 Å². The molecule has 1 aliphatic heterocycles. The van der Waals surface area contributed by atoms with Gasteiger partial charge in [0.05, 0.1) is 5.41 Å². The molecule has 0 unspecified atom stereocenters. The highest BCUT2D eigenvalue weighted by atomic mass is 35.5. The van der Waals surface area contributed by atoms with Gasteiger partial charge in [-0.3, -0.25) is 9.59 Å². The predicted molar refractivity (Wildman–Crippen MR) is 92.9 cm³/mol. The number of aromatic amines is 1. The quantitative estimate of drug-likeness (QED) is 0.786. The first-order chi connectivity index (χ1) is 10.5. The van der Waals surface area contributed by atoms with Crippen LogP contribution in [0.5, 0.6) is 0 Å². The van der Waals surface area contributed by atoms with Crippen LogP contribution in [0.2, 0.25) is 0 Å². The molecule has 3 rings (SSSR count). The van der Waals surface area contributed by atoms with E-state index in [1.165, 1.54) is 6.42 Å². The zero-order chi connectivity index (χ0) is 15.7. The molecule has 0 radical (unpaired) electrons. The van der Waals surface area contributed by atoms with Crippen molar-refractivity contribution in [1.29, 1.82) is 0 Å². The predicted octanol–water partition coefficient (Wildman–Crippen LogP) is 1.81.